The molecule has 1 aliphatic rings. The van der Waals surface area contributed by atoms with Crippen molar-refractivity contribution in [3.8, 4) is 0 Å². The molecular weight excluding hydrogens is 382 g/mol. The fourth-order valence-electron chi connectivity index (χ4n) is 3.72. The van der Waals surface area contributed by atoms with Crippen LogP contribution in [0.3, 0.4) is 0 Å². The van der Waals surface area contributed by atoms with Crippen LogP contribution in [0.25, 0.3) is 0 Å². The summed E-state index contributed by atoms with van der Waals surface area (Å²) in [6.45, 7) is 2.08. The highest BCUT2D eigenvalue weighted by Gasteiger charge is 2.42. The van der Waals surface area contributed by atoms with Crippen LogP contribution in [-0.4, -0.2) is 40.5 Å². The molecule has 3 atom stereocenters. The third kappa shape index (κ3) is 4.92. The van der Waals surface area contributed by atoms with Crippen molar-refractivity contribution in [3.63, 3.8) is 0 Å². The minimum atomic E-state index is -1.10. The number of likely N-dealkylation sites (tertiary alicyclic amines) is 1. The second-order valence-electron chi connectivity index (χ2n) is 7.58. The lowest BCUT2D eigenvalue weighted by molar-refractivity contribution is -0.140. The Morgan fingerprint density at radius 1 is 1.03 bits per heavy atom. The van der Waals surface area contributed by atoms with Gasteiger partial charge in [0.25, 0.3) is 5.91 Å². The van der Waals surface area contributed by atoms with E-state index in [1.54, 1.807) is 19.1 Å². The van der Waals surface area contributed by atoms with Crippen molar-refractivity contribution in [1.82, 2.24) is 10.2 Å². The maximum atomic E-state index is 13.1. The van der Waals surface area contributed by atoms with Crippen molar-refractivity contribution in [2.24, 2.45) is 11.7 Å². The smallest absolute Gasteiger partial charge is 0.287 e. The van der Waals surface area contributed by atoms with Crippen LogP contribution in [0.4, 0.5) is 0 Å². The van der Waals surface area contributed by atoms with Gasteiger partial charge in [-0.25, -0.2) is 0 Å². The zero-order chi connectivity index (χ0) is 21.7. The number of hydrogen-bond donors (Lipinski definition) is 2. The quantitative estimate of drug-likeness (QED) is 0.641. The number of hydrogen-bond acceptors (Lipinski definition) is 4. The van der Waals surface area contributed by atoms with Crippen LogP contribution < -0.4 is 11.1 Å². The number of primary amides is 1. The molecule has 7 nitrogen and oxygen atoms in total. The zero-order valence-corrected chi connectivity index (χ0v) is 16.8. The maximum Gasteiger partial charge on any atom is 0.287 e. The molecule has 0 aliphatic carbocycles. The van der Waals surface area contributed by atoms with Crippen LogP contribution in [-0.2, 0) is 32.1 Å². The first-order valence-electron chi connectivity index (χ1n) is 9.89. The van der Waals surface area contributed by atoms with E-state index in [2.05, 4.69) is 5.32 Å². The summed E-state index contributed by atoms with van der Waals surface area (Å²) in [4.78, 5) is 51.1. The first kappa shape index (κ1) is 21.2. The number of Topliss-reactive ketones (excluding diaryl/α,β-unsaturated/α-hetero) is 1. The Morgan fingerprint density at radius 2 is 1.60 bits per heavy atom. The number of nitrogens with zero attached hydrogens (tertiary/aromatic N) is 1. The fourth-order valence-corrected chi connectivity index (χ4v) is 3.72. The Hall–Kier alpha value is -3.48. The predicted octanol–water partition coefficient (Wildman–Crippen LogP) is 1.21. The van der Waals surface area contributed by atoms with Crippen molar-refractivity contribution in [2.75, 3.05) is 0 Å². The van der Waals surface area contributed by atoms with Crippen molar-refractivity contribution in [2.45, 2.75) is 38.4 Å². The van der Waals surface area contributed by atoms with Gasteiger partial charge in [-0.2, -0.15) is 0 Å². The van der Waals surface area contributed by atoms with Crippen molar-refractivity contribution in [1.29, 1.82) is 0 Å². The molecule has 1 heterocycles. The van der Waals surface area contributed by atoms with Crippen LogP contribution in [0.2, 0.25) is 0 Å². The fraction of sp³-hybridized carbons (Fsp3) is 0.304. The molecule has 7 heteroatoms. The molecule has 0 spiro atoms. The molecule has 1 saturated heterocycles. The first-order chi connectivity index (χ1) is 14.4. The molecular formula is C23H25N3O4. The molecule has 3 rings (SSSR count). The zero-order valence-electron chi connectivity index (χ0n) is 16.8. The SMILES string of the molecule is C[C@H]1C[C@H](C(=O)NC(Cc2ccccc2)C(=O)C(N)=O)N(Cc2ccccc2)C1=O. The van der Waals surface area contributed by atoms with Crippen LogP contribution in [0, 0.1) is 5.92 Å². The number of nitrogens with one attached hydrogen (secondary N) is 1. The Kier molecular flexibility index (Phi) is 6.61. The van der Waals surface area contributed by atoms with Gasteiger partial charge in [0, 0.05) is 18.9 Å². The van der Waals surface area contributed by atoms with E-state index in [0.717, 1.165) is 11.1 Å². The number of rotatable bonds is 8. The summed E-state index contributed by atoms with van der Waals surface area (Å²) in [6.07, 6.45) is 0.490. The average Bonchev–Trinajstić information content (AvgIpc) is 3.02. The van der Waals surface area contributed by atoms with Gasteiger partial charge in [-0.3, -0.25) is 19.2 Å². The summed E-state index contributed by atoms with van der Waals surface area (Å²) >= 11 is 0. The van der Waals surface area contributed by atoms with Crippen molar-refractivity contribution < 1.29 is 19.2 Å². The highest BCUT2D eigenvalue weighted by molar-refractivity contribution is 6.38. The van der Waals surface area contributed by atoms with Gasteiger partial charge in [-0.1, -0.05) is 67.6 Å². The van der Waals surface area contributed by atoms with E-state index >= 15 is 0 Å². The van der Waals surface area contributed by atoms with E-state index < -0.39 is 29.7 Å². The van der Waals surface area contributed by atoms with Crippen LogP contribution >= 0.6 is 0 Å². The normalized spacial score (nSPS) is 19.4. The summed E-state index contributed by atoms with van der Waals surface area (Å²) < 4.78 is 0. The highest BCUT2D eigenvalue weighted by atomic mass is 16.2. The van der Waals surface area contributed by atoms with E-state index in [1.807, 2.05) is 48.5 Å². The summed E-state index contributed by atoms with van der Waals surface area (Å²) in [5, 5.41) is 2.66. The van der Waals surface area contributed by atoms with E-state index in [0.29, 0.717) is 13.0 Å². The standard InChI is InChI=1S/C23H25N3O4/c1-15-12-19(26(23(15)30)14-17-10-6-3-7-11-17)22(29)25-18(20(27)21(24)28)13-16-8-4-2-5-9-16/h2-11,15,18-19H,12-14H2,1H3,(H2,24,28)(H,25,29)/t15-,18?,19+/m0/s1. The number of benzene rings is 2. The summed E-state index contributed by atoms with van der Waals surface area (Å²) in [6, 6.07) is 16.7. The van der Waals surface area contributed by atoms with Gasteiger partial charge < -0.3 is 16.0 Å². The van der Waals surface area contributed by atoms with Gasteiger partial charge in [0.1, 0.15) is 12.1 Å². The molecule has 3 N–H and O–H groups in total. The van der Waals surface area contributed by atoms with E-state index in [9.17, 15) is 19.2 Å². The molecule has 2 aromatic rings. The molecule has 1 unspecified atom stereocenters. The first-order valence-corrected chi connectivity index (χ1v) is 9.89. The summed E-state index contributed by atoms with van der Waals surface area (Å²) in [7, 11) is 0. The van der Waals surface area contributed by atoms with Gasteiger partial charge >= 0.3 is 0 Å². The van der Waals surface area contributed by atoms with Crippen molar-refractivity contribution in [3.05, 3.63) is 71.8 Å². The Balaban J connectivity index is 1.78. The minimum Gasteiger partial charge on any atom is -0.363 e. The Labute approximate surface area is 175 Å². The average molecular weight is 407 g/mol. The maximum absolute atomic E-state index is 13.1. The number of carbonyl (C=O) groups is 4. The van der Waals surface area contributed by atoms with Gasteiger partial charge in [0.15, 0.2) is 0 Å². The lowest BCUT2D eigenvalue weighted by Gasteiger charge is -2.26. The number of amides is 3. The summed E-state index contributed by atoms with van der Waals surface area (Å²) in [5.74, 6) is -2.84. The Morgan fingerprint density at radius 3 is 2.17 bits per heavy atom. The molecule has 0 aromatic heterocycles. The second-order valence-corrected chi connectivity index (χ2v) is 7.58. The third-order valence-corrected chi connectivity index (χ3v) is 5.31. The molecule has 1 aliphatic heterocycles. The van der Waals surface area contributed by atoms with Crippen molar-refractivity contribution >= 4 is 23.5 Å². The number of nitrogens with two attached hydrogens (primary N) is 1. The molecule has 30 heavy (non-hydrogen) atoms. The lowest BCUT2D eigenvalue weighted by Crippen LogP contribution is -2.53. The van der Waals surface area contributed by atoms with E-state index in [-0.39, 0.29) is 18.2 Å². The minimum absolute atomic E-state index is 0.111. The molecule has 0 bridgehead atoms. The predicted molar refractivity (Wildman–Crippen MR) is 111 cm³/mol. The molecule has 3 amide bonds. The van der Waals surface area contributed by atoms with Gasteiger partial charge in [0.2, 0.25) is 17.6 Å². The number of carbonyl (C=O) groups excluding carboxylic acids is 4. The topological polar surface area (TPSA) is 110 Å². The molecule has 2 aromatic carbocycles. The highest BCUT2D eigenvalue weighted by Crippen LogP contribution is 2.26. The lowest BCUT2D eigenvalue weighted by atomic mass is 10.0. The van der Waals surface area contributed by atoms with Crippen LogP contribution in [0.15, 0.2) is 60.7 Å². The number of ketones is 1. The van der Waals surface area contributed by atoms with E-state index in [1.165, 1.54) is 4.90 Å². The largest absolute Gasteiger partial charge is 0.363 e. The molecule has 1 fully saturated rings. The Bertz CT molecular complexity index is 930. The molecule has 0 radical (unpaired) electrons. The monoisotopic (exact) mass is 407 g/mol. The summed E-state index contributed by atoms with van der Waals surface area (Å²) in [5.41, 5.74) is 6.88. The second kappa shape index (κ2) is 9.35. The van der Waals surface area contributed by atoms with Crippen LogP contribution in [0.1, 0.15) is 24.5 Å². The van der Waals surface area contributed by atoms with Gasteiger partial charge in [-0.15, -0.1) is 0 Å². The molecule has 156 valence electrons. The third-order valence-electron chi connectivity index (χ3n) is 5.31. The van der Waals surface area contributed by atoms with E-state index in [4.69, 9.17) is 5.73 Å². The van der Waals surface area contributed by atoms with Gasteiger partial charge in [-0.05, 0) is 17.5 Å². The van der Waals surface area contributed by atoms with Gasteiger partial charge in [0.05, 0.1) is 0 Å². The molecule has 0 saturated carbocycles. The van der Waals surface area contributed by atoms with Crippen LogP contribution in [0.5, 0.6) is 0 Å².